The normalized spacial score (nSPS) is 12.6. The first-order chi connectivity index (χ1) is 8.58. The maximum Gasteiger partial charge on any atom is 0.356 e. The Morgan fingerprint density at radius 3 is 3.06 bits per heavy atom. The van der Waals surface area contributed by atoms with Crippen LogP contribution < -0.4 is 4.74 Å². The summed E-state index contributed by atoms with van der Waals surface area (Å²) < 4.78 is 8.07. The summed E-state index contributed by atoms with van der Waals surface area (Å²) in [6.45, 7) is 0.236. The number of aryl methyl sites for hydroxylation is 1. The summed E-state index contributed by atoms with van der Waals surface area (Å²) in [6.07, 6.45) is 0. The second-order valence-corrected chi connectivity index (χ2v) is 4.95. The highest BCUT2D eigenvalue weighted by Crippen LogP contribution is 2.39. The average Bonchev–Trinajstić information content (AvgIpc) is 2.67. The highest BCUT2D eigenvalue weighted by atomic mass is 79.9. The van der Waals surface area contributed by atoms with E-state index in [1.54, 1.807) is 11.7 Å². The zero-order valence-electron chi connectivity index (χ0n) is 9.48. The number of hydrogen-bond acceptors (Lipinski definition) is 3. The van der Waals surface area contributed by atoms with Crippen molar-refractivity contribution in [3.63, 3.8) is 0 Å². The highest BCUT2D eigenvalue weighted by Gasteiger charge is 2.28. The van der Waals surface area contributed by atoms with Gasteiger partial charge in [-0.25, -0.2) is 4.79 Å². The monoisotopic (exact) mass is 308 g/mol. The highest BCUT2D eigenvalue weighted by molar-refractivity contribution is 9.10. The summed E-state index contributed by atoms with van der Waals surface area (Å²) in [7, 11) is 1.74. The average molecular weight is 309 g/mol. The summed E-state index contributed by atoms with van der Waals surface area (Å²) in [5, 5.41) is 13.2. The van der Waals surface area contributed by atoms with Gasteiger partial charge in [0.05, 0.1) is 11.3 Å². The van der Waals surface area contributed by atoms with E-state index in [0.29, 0.717) is 5.56 Å². The third-order valence-corrected chi connectivity index (χ3v) is 3.41. The van der Waals surface area contributed by atoms with Gasteiger partial charge in [-0.05, 0) is 18.2 Å². The number of aromatic nitrogens is 2. The molecule has 1 aliphatic rings. The maximum absolute atomic E-state index is 11.1. The van der Waals surface area contributed by atoms with Crippen molar-refractivity contribution >= 4 is 21.9 Å². The fourth-order valence-corrected chi connectivity index (χ4v) is 2.54. The van der Waals surface area contributed by atoms with Gasteiger partial charge in [0, 0.05) is 17.1 Å². The number of carboxylic acid groups (broad SMARTS) is 1. The number of aromatic carboxylic acids is 1. The third kappa shape index (κ3) is 1.53. The molecule has 0 atom stereocenters. The standard InChI is InChI=1S/C12H9BrN2O3/c1-15-11-7-4-6(13)2-3-9(7)18-5-8(11)10(14-15)12(16)17/h2-4H,5H2,1H3,(H,16,17). The molecule has 1 N–H and O–H groups in total. The number of carbonyl (C=O) groups is 1. The molecule has 6 heteroatoms. The van der Waals surface area contributed by atoms with Gasteiger partial charge in [-0.1, -0.05) is 15.9 Å². The third-order valence-electron chi connectivity index (χ3n) is 2.92. The molecule has 92 valence electrons. The SMILES string of the molecule is Cn1nc(C(=O)O)c2c1-c1cc(Br)ccc1OC2. The van der Waals surface area contributed by atoms with Crippen LogP contribution in [0.4, 0.5) is 0 Å². The molecule has 1 aromatic heterocycles. The van der Waals surface area contributed by atoms with E-state index >= 15 is 0 Å². The molecular weight excluding hydrogens is 300 g/mol. The Morgan fingerprint density at radius 2 is 2.33 bits per heavy atom. The number of hydrogen-bond donors (Lipinski definition) is 1. The minimum absolute atomic E-state index is 0.0538. The van der Waals surface area contributed by atoms with E-state index in [2.05, 4.69) is 21.0 Å². The molecule has 0 amide bonds. The summed E-state index contributed by atoms with van der Waals surface area (Å²) in [4.78, 5) is 11.1. The van der Waals surface area contributed by atoms with Crippen LogP contribution in [0.1, 0.15) is 16.1 Å². The molecule has 1 aromatic carbocycles. The van der Waals surface area contributed by atoms with Crippen molar-refractivity contribution in [1.29, 1.82) is 0 Å². The number of rotatable bonds is 1. The van der Waals surface area contributed by atoms with Gasteiger partial charge in [-0.2, -0.15) is 5.10 Å². The van der Waals surface area contributed by atoms with Crippen LogP contribution in [0.15, 0.2) is 22.7 Å². The zero-order chi connectivity index (χ0) is 12.9. The quantitative estimate of drug-likeness (QED) is 0.879. The van der Waals surface area contributed by atoms with E-state index in [9.17, 15) is 4.79 Å². The van der Waals surface area contributed by atoms with Crippen LogP contribution in [-0.4, -0.2) is 20.9 Å². The zero-order valence-corrected chi connectivity index (χ0v) is 11.1. The first-order valence-corrected chi connectivity index (χ1v) is 6.09. The largest absolute Gasteiger partial charge is 0.488 e. The molecule has 3 rings (SSSR count). The van der Waals surface area contributed by atoms with Crippen LogP contribution in [0, 0.1) is 0 Å². The second kappa shape index (κ2) is 3.84. The predicted molar refractivity (Wildman–Crippen MR) is 67.6 cm³/mol. The maximum atomic E-state index is 11.1. The molecule has 0 bridgehead atoms. The van der Waals surface area contributed by atoms with E-state index in [-0.39, 0.29) is 12.3 Å². The van der Waals surface area contributed by atoms with Crippen LogP contribution in [0.3, 0.4) is 0 Å². The molecule has 0 saturated carbocycles. The van der Waals surface area contributed by atoms with Gasteiger partial charge < -0.3 is 9.84 Å². The molecule has 5 nitrogen and oxygen atoms in total. The van der Waals surface area contributed by atoms with Crippen molar-refractivity contribution in [2.75, 3.05) is 0 Å². The second-order valence-electron chi connectivity index (χ2n) is 4.03. The molecule has 0 saturated heterocycles. The van der Waals surface area contributed by atoms with Crippen LogP contribution in [0.2, 0.25) is 0 Å². The van der Waals surface area contributed by atoms with Gasteiger partial charge in [-0.15, -0.1) is 0 Å². The minimum Gasteiger partial charge on any atom is -0.488 e. The van der Waals surface area contributed by atoms with Gasteiger partial charge in [0.15, 0.2) is 5.69 Å². The Morgan fingerprint density at radius 1 is 1.56 bits per heavy atom. The van der Waals surface area contributed by atoms with Gasteiger partial charge in [0.2, 0.25) is 0 Å². The first-order valence-electron chi connectivity index (χ1n) is 5.30. The molecule has 18 heavy (non-hydrogen) atoms. The van der Waals surface area contributed by atoms with Gasteiger partial charge in [0.25, 0.3) is 0 Å². The Kier molecular flexibility index (Phi) is 2.41. The number of carboxylic acids is 1. The van der Waals surface area contributed by atoms with Crippen LogP contribution in [0.25, 0.3) is 11.3 Å². The lowest BCUT2D eigenvalue weighted by Gasteiger charge is -2.18. The molecule has 0 unspecified atom stereocenters. The van der Waals surface area contributed by atoms with Crippen molar-refractivity contribution in [3.05, 3.63) is 33.9 Å². The minimum atomic E-state index is -1.03. The van der Waals surface area contributed by atoms with E-state index in [1.807, 2.05) is 18.2 Å². The molecule has 0 spiro atoms. The van der Waals surface area contributed by atoms with Gasteiger partial charge in [0.1, 0.15) is 12.4 Å². The lowest BCUT2D eigenvalue weighted by atomic mass is 10.0. The Labute approximate surface area is 111 Å². The summed E-state index contributed by atoms with van der Waals surface area (Å²) in [5.74, 6) is -0.292. The fraction of sp³-hybridized carbons (Fsp3) is 0.167. The van der Waals surface area contributed by atoms with Crippen LogP contribution in [0.5, 0.6) is 5.75 Å². The molecule has 1 aliphatic heterocycles. The Balaban J connectivity index is 2.30. The number of halogens is 1. The number of benzene rings is 1. The summed E-state index contributed by atoms with van der Waals surface area (Å²) in [6, 6.07) is 5.65. The molecule has 2 heterocycles. The van der Waals surface area contributed by atoms with E-state index in [4.69, 9.17) is 9.84 Å². The molecule has 0 fully saturated rings. The molecule has 0 aliphatic carbocycles. The first kappa shape index (κ1) is 11.3. The topological polar surface area (TPSA) is 64.4 Å². The van der Waals surface area contributed by atoms with E-state index in [0.717, 1.165) is 21.5 Å². The molecule has 0 radical (unpaired) electrons. The van der Waals surface area contributed by atoms with Gasteiger partial charge >= 0.3 is 5.97 Å². The van der Waals surface area contributed by atoms with E-state index in [1.165, 1.54) is 0 Å². The van der Waals surface area contributed by atoms with Crippen LogP contribution in [-0.2, 0) is 13.7 Å². The summed E-state index contributed by atoms with van der Waals surface area (Å²) in [5.41, 5.74) is 2.33. The fourth-order valence-electron chi connectivity index (χ4n) is 2.18. The van der Waals surface area contributed by atoms with Crippen molar-refractivity contribution in [3.8, 4) is 17.0 Å². The number of nitrogens with zero attached hydrogens (tertiary/aromatic N) is 2. The van der Waals surface area contributed by atoms with Gasteiger partial charge in [-0.3, -0.25) is 4.68 Å². The van der Waals surface area contributed by atoms with Crippen molar-refractivity contribution < 1.29 is 14.6 Å². The smallest absolute Gasteiger partial charge is 0.356 e. The van der Waals surface area contributed by atoms with Crippen molar-refractivity contribution in [1.82, 2.24) is 9.78 Å². The Hall–Kier alpha value is -1.82. The van der Waals surface area contributed by atoms with Crippen molar-refractivity contribution in [2.24, 2.45) is 7.05 Å². The number of ether oxygens (including phenoxy) is 1. The summed E-state index contributed by atoms with van der Waals surface area (Å²) >= 11 is 3.40. The Bertz CT molecular complexity index is 664. The van der Waals surface area contributed by atoms with Crippen molar-refractivity contribution in [2.45, 2.75) is 6.61 Å². The van der Waals surface area contributed by atoms with Crippen LogP contribution >= 0.6 is 15.9 Å². The number of fused-ring (bicyclic) bond motifs is 3. The predicted octanol–water partition coefficient (Wildman–Crippen LogP) is 2.44. The molecule has 2 aromatic rings. The lowest BCUT2D eigenvalue weighted by molar-refractivity contribution is 0.0686. The lowest BCUT2D eigenvalue weighted by Crippen LogP contribution is -2.09. The molecular formula is C12H9BrN2O3. The van der Waals surface area contributed by atoms with E-state index < -0.39 is 5.97 Å².